The number of thiophene rings is 1. The summed E-state index contributed by atoms with van der Waals surface area (Å²) in [7, 11) is 0. The molecule has 0 aliphatic rings. The van der Waals surface area contributed by atoms with Gasteiger partial charge in [-0.25, -0.2) is 9.18 Å². The molecule has 0 unspecified atom stereocenters. The minimum Gasteiger partial charge on any atom is -0.478 e. The molecule has 0 amide bonds. The van der Waals surface area contributed by atoms with Gasteiger partial charge in [-0.15, -0.1) is 11.3 Å². The monoisotopic (exact) mass is 274 g/mol. The van der Waals surface area contributed by atoms with Crippen LogP contribution in [0.4, 0.5) is 4.39 Å². The molecule has 1 aromatic carbocycles. The van der Waals surface area contributed by atoms with Crippen molar-refractivity contribution in [1.82, 2.24) is 0 Å². The quantitative estimate of drug-likeness (QED) is 0.864. The van der Waals surface area contributed by atoms with Gasteiger partial charge >= 0.3 is 5.97 Å². The van der Waals surface area contributed by atoms with Gasteiger partial charge in [0.15, 0.2) is 0 Å². The van der Waals surface area contributed by atoms with Gasteiger partial charge < -0.3 is 5.11 Å². The van der Waals surface area contributed by atoms with E-state index in [1.165, 1.54) is 23.5 Å². The summed E-state index contributed by atoms with van der Waals surface area (Å²) in [5.41, 5.74) is -0.285. The summed E-state index contributed by atoms with van der Waals surface area (Å²) >= 11 is 4.64. The van der Waals surface area contributed by atoms with Crippen molar-refractivity contribution in [2.45, 2.75) is 0 Å². The molecule has 1 aromatic heterocycles. The van der Waals surface area contributed by atoms with Gasteiger partial charge in [-0.1, -0.05) is 0 Å². The van der Waals surface area contributed by atoms with Crippen LogP contribution in [0.2, 0.25) is 0 Å². The van der Waals surface area contributed by atoms with Crippen molar-refractivity contribution in [3.63, 3.8) is 0 Å². The van der Waals surface area contributed by atoms with Crippen molar-refractivity contribution in [3.05, 3.63) is 33.4 Å². The first-order valence-corrected chi connectivity index (χ1v) is 5.36. The molecule has 2 aromatic rings. The van der Waals surface area contributed by atoms with Crippen molar-refractivity contribution >= 4 is 43.3 Å². The van der Waals surface area contributed by atoms with Crippen LogP contribution in [-0.4, -0.2) is 11.1 Å². The predicted molar refractivity (Wildman–Crippen MR) is 56.4 cm³/mol. The lowest BCUT2D eigenvalue weighted by molar-refractivity contribution is 0.0692. The molecule has 0 saturated heterocycles. The maximum absolute atomic E-state index is 13.2. The fraction of sp³-hybridized carbons (Fsp3) is 0. The number of rotatable bonds is 1. The molecule has 2 nitrogen and oxygen atoms in total. The first-order chi connectivity index (χ1) is 6.59. The Morgan fingerprint density at radius 2 is 2.21 bits per heavy atom. The topological polar surface area (TPSA) is 37.3 Å². The highest BCUT2D eigenvalue weighted by Gasteiger charge is 2.13. The highest BCUT2D eigenvalue weighted by molar-refractivity contribution is 9.10. The van der Waals surface area contributed by atoms with Crippen LogP contribution in [0.3, 0.4) is 0 Å². The summed E-state index contributed by atoms with van der Waals surface area (Å²) in [5.74, 6) is -1.95. The van der Waals surface area contributed by atoms with Gasteiger partial charge in [0.05, 0.1) is 5.56 Å². The second-order valence-corrected chi connectivity index (χ2v) is 4.48. The van der Waals surface area contributed by atoms with E-state index in [0.717, 1.165) is 9.17 Å². The summed E-state index contributed by atoms with van der Waals surface area (Å²) < 4.78 is 14.8. The number of benzene rings is 1. The first-order valence-electron chi connectivity index (χ1n) is 3.69. The molecule has 5 heteroatoms. The Bertz CT molecular complexity index is 521. The van der Waals surface area contributed by atoms with E-state index in [9.17, 15) is 9.18 Å². The molecule has 0 saturated carbocycles. The van der Waals surface area contributed by atoms with Crippen molar-refractivity contribution in [3.8, 4) is 0 Å². The van der Waals surface area contributed by atoms with Gasteiger partial charge in [0, 0.05) is 19.9 Å². The standard InChI is InChI=1S/C9H4BrFO2S/c10-6-3-14-8-2-5(9(12)13)7(11)1-4(6)8/h1-3H,(H,12,13). The number of halogens is 2. The summed E-state index contributed by atoms with van der Waals surface area (Å²) in [6, 6.07) is 2.59. The Morgan fingerprint density at radius 3 is 2.86 bits per heavy atom. The summed E-state index contributed by atoms with van der Waals surface area (Å²) in [6.07, 6.45) is 0. The van der Waals surface area contributed by atoms with Gasteiger partial charge in [0.1, 0.15) is 5.82 Å². The maximum Gasteiger partial charge on any atom is 0.338 e. The van der Waals surface area contributed by atoms with E-state index in [-0.39, 0.29) is 5.56 Å². The molecule has 1 heterocycles. The Morgan fingerprint density at radius 1 is 1.50 bits per heavy atom. The Balaban J connectivity index is 2.79. The summed E-state index contributed by atoms with van der Waals surface area (Å²) in [4.78, 5) is 10.6. The van der Waals surface area contributed by atoms with Crippen molar-refractivity contribution < 1.29 is 14.3 Å². The molecule has 0 radical (unpaired) electrons. The van der Waals surface area contributed by atoms with E-state index in [2.05, 4.69) is 15.9 Å². The molecule has 14 heavy (non-hydrogen) atoms. The number of carboxylic acid groups (broad SMARTS) is 1. The van der Waals surface area contributed by atoms with Crippen LogP contribution in [0.15, 0.2) is 22.0 Å². The first kappa shape index (κ1) is 9.61. The lowest BCUT2D eigenvalue weighted by Crippen LogP contribution is -1.99. The SMILES string of the molecule is O=C(O)c1cc2scc(Br)c2cc1F. The smallest absolute Gasteiger partial charge is 0.338 e. The fourth-order valence-corrected chi connectivity index (χ4v) is 2.76. The Labute approximate surface area is 91.1 Å². The molecule has 72 valence electrons. The van der Waals surface area contributed by atoms with Crippen LogP contribution >= 0.6 is 27.3 Å². The second kappa shape index (κ2) is 3.33. The number of hydrogen-bond acceptors (Lipinski definition) is 2. The fourth-order valence-electron chi connectivity index (χ4n) is 1.18. The van der Waals surface area contributed by atoms with Crippen molar-refractivity contribution in [1.29, 1.82) is 0 Å². The van der Waals surface area contributed by atoms with Gasteiger partial charge in [-0.3, -0.25) is 0 Å². The molecule has 1 N–H and O–H groups in total. The van der Waals surface area contributed by atoms with Crippen LogP contribution in [-0.2, 0) is 0 Å². The highest BCUT2D eigenvalue weighted by Crippen LogP contribution is 2.32. The number of carboxylic acids is 1. The summed E-state index contributed by atoms with van der Waals surface area (Å²) in [5, 5.41) is 11.2. The van der Waals surface area contributed by atoms with Crippen LogP contribution in [0.1, 0.15) is 10.4 Å². The average Bonchev–Trinajstić information content (AvgIpc) is 2.46. The van der Waals surface area contributed by atoms with Gasteiger partial charge in [0.25, 0.3) is 0 Å². The van der Waals surface area contributed by atoms with Crippen LogP contribution < -0.4 is 0 Å². The molecule has 0 fully saturated rings. The third-order valence-corrected chi connectivity index (χ3v) is 3.75. The van der Waals surface area contributed by atoms with E-state index in [1.807, 2.05) is 0 Å². The largest absolute Gasteiger partial charge is 0.478 e. The molecule has 0 atom stereocenters. The zero-order valence-corrected chi connectivity index (χ0v) is 9.15. The molecule has 2 rings (SSSR count). The number of carbonyl (C=O) groups is 1. The number of fused-ring (bicyclic) bond motifs is 1. The van der Waals surface area contributed by atoms with E-state index >= 15 is 0 Å². The van der Waals surface area contributed by atoms with Crippen LogP contribution in [0, 0.1) is 5.82 Å². The van der Waals surface area contributed by atoms with Gasteiger partial charge in [-0.05, 0) is 28.1 Å². The Hall–Kier alpha value is -0.940. The molecular weight excluding hydrogens is 271 g/mol. The third-order valence-electron chi connectivity index (χ3n) is 1.85. The van der Waals surface area contributed by atoms with Crippen molar-refractivity contribution in [2.75, 3.05) is 0 Å². The van der Waals surface area contributed by atoms with E-state index in [4.69, 9.17) is 5.11 Å². The summed E-state index contributed by atoms with van der Waals surface area (Å²) in [6.45, 7) is 0. The van der Waals surface area contributed by atoms with E-state index in [1.54, 1.807) is 5.38 Å². The molecule has 0 aliphatic heterocycles. The highest BCUT2D eigenvalue weighted by atomic mass is 79.9. The van der Waals surface area contributed by atoms with Crippen LogP contribution in [0.25, 0.3) is 10.1 Å². The number of aromatic carboxylic acids is 1. The lowest BCUT2D eigenvalue weighted by Gasteiger charge is -1.97. The zero-order valence-electron chi connectivity index (χ0n) is 6.75. The lowest BCUT2D eigenvalue weighted by atomic mass is 10.1. The third kappa shape index (κ3) is 1.42. The maximum atomic E-state index is 13.2. The van der Waals surface area contributed by atoms with Crippen molar-refractivity contribution in [2.24, 2.45) is 0 Å². The van der Waals surface area contributed by atoms with E-state index < -0.39 is 11.8 Å². The minimum absolute atomic E-state index is 0.285. The molecular formula is C9H4BrFO2S. The second-order valence-electron chi connectivity index (χ2n) is 2.72. The van der Waals surface area contributed by atoms with Gasteiger partial charge in [-0.2, -0.15) is 0 Å². The minimum atomic E-state index is -1.24. The molecule has 0 bridgehead atoms. The number of hydrogen-bond donors (Lipinski definition) is 1. The average molecular weight is 275 g/mol. The van der Waals surface area contributed by atoms with Gasteiger partial charge in [0.2, 0.25) is 0 Å². The zero-order chi connectivity index (χ0) is 10.3. The normalized spacial score (nSPS) is 10.7. The predicted octanol–water partition coefficient (Wildman–Crippen LogP) is 3.50. The van der Waals surface area contributed by atoms with E-state index in [0.29, 0.717) is 5.39 Å². The molecule has 0 aliphatic carbocycles. The molecule has 0 spiro atoms. The Kier molecular flexibility index (Phi) is 2.28. The van der Waals surface area contributed by atoms with Crippen LogP contribution in [0.5, 0.6) is 0 Å².